The molecule has 0 amide bonds. The van der Waals surface area contributed by atoms with Crippen LogP contribution in [-0.2, 0) is 18.4 Å². The summed E-state index contributed by atoms with van der Waals surface area (Å²) < 4.78 is 0. The number of rotatable bonds is 15. The van der Waals surface area contributed by atoms with Crippen molar-refractivity contribution in [3.63, 3.8) is 0 Å². The zero-order chi connectivity index (χ0) is 44.1. The van der Waals surface area contributed by atoms with Gasteiger partial charge in [0.1, 0.15) is 5.84 Å². The highest BCUT2D eigenvalue weighted by molar-refractivity contribution is 6.11. The van der Waals surface area contributed by atoms with E-state index in [-0.39, 0.29) is 5.92 Å². The van der Waals surface area contributed by atoms with Crippen molar-refractivity contribution in [2.75, 3.05) is 0 Å². The van der Waals surface area contributed by atoms with Gasteiger partial charge in [-0.05, 0) is 99.0 Å². The number of hydrogen-bond donors (Lipinski definition) is 1. The molecule has 314 valence electrons. The molecule has 0 fully saturated rings. The Hall–Kier alpha value is -7.62. The highest BCUT2D eigenvalue weighted by atomic mass is 15.0. The van der Waals surface area contributed by atoms with Crippen LogP contribution in [0.1, 0.15) is 64.8 Å². The van der Waals surface area contributed by atoms with Crippen molar-refractivity contribution in [1.82, 2.24) is 0 Å². The highest BCUT2D eigenvalue weighted by Gasteiger charge is 2.48. The van der Waals surface area contributed by atoms with E-state index in [9.17, 15) is 0 Å². The van der Waals surface area contributed by atoms with Gasteiger partial charge in [0, 0.05) is 11.1 Å². The first-order valence-corrected chi connectivity index (χ1v) is 22.3. The monoisotopic (exact) mass is 829 g/mol. The number of fused-ring (bicyclic) bond motifs is 3. The molecule has 2 N–H and O–H groups in total. The fourth-order valence-corrected chi connectivity index (χ4v) is 9.03. The lowest BCUT2D eigenvalue weighted by molar-refractivity contribution is 0.492. The van der Waals surface area contributed by atoms with Crippen molar-refractivity contribution in [3.8, 4) is 22.3 Å². The zero-order valence-corrected chi connectivity index (χ0v) is 36.8. The number of allylic oxidation sites excluding steroid dienone is 9. The Labute approximate surface area is 379 Å². The van der Waals surface area contributed by atoms with Crippen LogP contribution >= 0.6 is 0 Å². The van der Waals surface area contributed by atoms with E-state index >= 15 is 0 Å². The molecule has 3 heteroatoms. The third-order valence-corrected chi connectivity index (χ3v) is 12.2. The van der Waals surface area contributed by atoms with Crippen LogP contribution in [0.2, 0.25) is 0 Å². The minimum absolute atomic E-state index is 0.156. The number of hydrogen-bond acceptors (Lipinski definition) is 1. The van der Waals surface area contributed by atoms with Crippen LogP contribution < -0.4 is 5.73 Å². The Balaban J connectivity index is 1.16. The van der Waals surface area contributed by atoms with Gasteiger partial charge in [-0.3, -0.25) is 4.99 Å². The summed E-state index contributed by atoms with van der Waals surface area (Å²) in [5.41, 5.74) is 21.6. The summed E-state index contributed by atoms with van der Waals surface area (Å²) >= 11 is 0. The predicted molar refractivity (Wildman–Crippen MR) is 273 cm³/mol. The van der Waals surface area contributed by atoms with E-state index in [4.69, 9.17) is 15.7 Å². The molecule has 64 heavy (non-hydrogen) atoms. The van der Waals surface area contributed by atoms with Gasteiger partial charge in [0.2, 0.25) is 0 Å². The van der Waals surface area contributed by atoms with Gasteiger partial charge >= 0.3 is 0 Å². The Morgan fingerprint density at radius 1 is 0.625 bits per heavy atom. The average Bonchev–Trinajstić information content (AvgIpc) is 3.64. The summed E-state index contributed by atoms with van der Waals surface area (Å²) in [6.07, 6.45) is 18.8. The molecule has 2 atom stereocenters. The van der Waals surface area contributed by atoms with E-state index in [2.05, 4.69) is 190 Å². The highest BCUT2D eigenvalue weighted by Crippen LogP contribution is 2.57. The molecule has 0 bridgehead atoms. The molecule has 0 spiro atoms. The second kappa shape index (κ2) is 20.5. The Morgan fingerprint density at radius 2 is 1.27 bits per heavy atom. The molecular weight excluding hydrogens is 775 g/mol. The molecule has 0 radical (unpaired) electrons. The smallest absolute Gasteiger partial charge is 0.157 e. The van der Waals surface area contributed by atoms with E-state index in [1.807, 2.05) is 60.7 Å². The van der Waals surface area contributed by atoms with Crippen LogP contribution in [-0.4, -0.2) is 11.7 Å². The first kappa shape index (κ1) is 43.0. The van der Waals surface area contributed by atoms with Gasteiger partial charge < -0.3 is 5.73 Å². The van der Waals surface area contributed by atoms with E-state index in [1.54, 1.807) is 0 Å². The van der Waals surface area contributed by atoms with Gasteiger partial charge in [0.05, 0.1) is 12.0 Å². The summed E-state index contributed by atoms with van der Waals surface area (Å²) in [4.78, 5) is 9.92. The van der Waals surface area contributed by atoms with E-state index in [1.165, 1.54) is 44.5 Å². The second-order valence-electron chi connectivity index (χ2n) is 16.2. The molecule has 0 saturated heterocycles. The Bertz CT molecular complexity index is 2880. The average molecular weight is 830 g/mol. The summed E-state index contributed by atoms with van der Waals surface area (Å²) in [6.45, 7) is 8.93. The third-order valence-electron chi connectivity index (χ3n) is 12.2. The summed E-state index contributed by atoms with van der Waals surface area (Å²) in [5, 5.41) is 0. The molecular formula is C61H55N3. The van der Waals surface area contributed by atoms with Gasteiger partial charge in [-0.1, -0.05) is 232 Å². The number of aryl methyl sites for hydroxylation is 1. The lowest BCUT2D eigenvalue weighted by Gasteiger charge is -2.38. The van der Waals surface area contributed by atoms with Crippen molar-refractivity contribution in [1.29, 1.82) is 0 Å². The lowest BCUT2D eigenvalue weighted by Crippen LogP contribution is -2.34. The number of nitrogens with zero attached hydrogens (tertiary/aromatic N) is 2. The number of aliphatic imine (C=N–C) groups is 2. The zero-order valence-electron chi connectivity index (χ0n) is 36.8. The van der Waals surface area contributed by atoms with Crippen molar-refractivity contribution in [2.45, 2.75) is 38.6 Å². The van der Waals surface area contributed by atoms with Crippen LogP contribution in [0.15, 0.2) is 247 Å². The van der Waals surface area contributed by atoms with Crippen molar-refractivity contribution in [3.05, 3.63) is 282 Å². The Morgan fingerprint density at radius 3 is 1.98 bits per heavy atom. The standard InChI is InChI=1S/C61H55N3/c1-4-6-12-23-45(3)61(54-35-19-11-20-36-54)57-41-46(37-39-55(57)56-40-38-52(43-58(56)61)49-28-15-9-16-29-49)26-21-32-48(27-7-5-2)51-33-22-34-53(42-51)60(63-44-47-24-13-8-14-25-47)64-59(62)50-30-17-10-18-31-50/h4-20,22-25,27-43,45H,2,21,26,44H2,1,3H3,(H2,62,63,64)/b6-4-,23-12-,27-7-,48-32+. The number of benzene rings is 7. The van der Waals surface area contributed by atoms with Crippen molar-refractivity contribution >= 4 is 17.2 Å². The topological polar surface area (TPSA) is 50.7 Å². The maximum Gasteiger partial charge on any atom is 0.157 e. The third kappa shape index (κ3) is 9.40. The summed E-state index contributed by atoms with van der Waals surface area (Å²) in [7, 11) is 0. The molecule has 7 aromatic rings. The van der Waals surface area contributed by atoms with E-state index in [0.29, 0.717) is 18.2 Å². The molecule has 0 heterocycles. The van der Waals surface area contributed by atoms with Crippen molar-refractivity contribution in [2.24, 2.45) is 21.6 Å². The predicted octanol–water partition coefficient (Wildman–Crippen LogP) is 14.5. The second-order valence-corrected chi connectivity index (χ2v) is 16.2. The molecule has 7 aromatic carbocycles. The largest absolute Gasteiger partial charge is 0.383 e. The Kier molecular flexibility index (Phi) is 13.8. The molecule has 1 aliphatic carbocycles. The van der Waals surface area contributed by atoms with Gasteiger partial charge in [-0.2, -0.15) is 0 Å². The minimum atomic E-state index is -0.398. The summed E-state index contributed by atoms with van der Waals surface area (Å²) in [5.74, 6) is 1.17. The molecule has 2 unspecified atom stereocenters. The van der Waals surface area contributed by atoms with E-state index in [0.717, 1.165) is 40.7 Å². The van der Waals surface area contributed by atoms with Gasteiger partial charge in [-0.25, -0.2) is 4.99 Å². The number of nitrogens with two attached hydrogens (primary N) is 1. The first-order valence-electron chi connectivity index (χ1n) is 22.3. The fourth-order valence-electron chi connectivity index (χ4n) is 9.03. The van der Waals surface area contributed by atoms with Crippen LogP contribution in [0.25, 0.3) is 27.8 Å². The lowest BCUT2D eigenvalue weighted by atomic mass is 9.64. The quantitative estimate of drug-likeness (QED) is 0.0625. The molecule has 1 aliphatic rings. The van der Waals surface area contributed by atoms with E-state index < -0.39 is 5.41 Å². The fraction of sp³-hybridized carbons (Fsp3) is 0.115. The van der Waals surface area contributed by atoms with Crippen LogP contribution in [0.3, 0.4) is 0 Å². The van der Waals surface area contributed by atoms with Gasteiger partial charge in [0.25, 0.3) is 0 Å². The summed E-state index contributed by atoms with van der Waals surface area (Å²) in [6, 6.07) is 64.6. The minimum Gasteiger partial charge on any atom is -0.383 e. The molecule has 0 aromatic heterocycles. The maximum atomic E-state index is 6.60. The SMILES string of the molecule is C=C/C=C\C(=C/CCc1ccc2c(c1)C(c1ccccc1)(C(C)/C=C\C=C/C)c1cc(-c3ccccc3)ccc1-2)c1cccc(C(N=C(N)c2ccccc2)=NCc2ccccc2)c1. The molecule has 0 aliphatic heterocycles. The molecule has 8 rings (SSSR count). The number of amidine groups is 2. The van der Waals surface area contributed by atoms with Crippen LogP contribution in [0.5, 0.6) is 0 Å². The normalized spacial score (nSPS) is 15.8. The van der Waals surface area contributed by atoms with Gasteiger partial charge in [0.15, 0.2) is 5.84 Å². The first-order chi connectivity index (χ1) is 31.5. The molecule has 3 nitrogen and oxygen atoms in total. The maximum absolute atomic E-state index is 6.60. The van der Waals surface area contributed by atoms with Gasteiger partial charge in [-0.15, -0.1) is 0 Å². The van der Waals surface area contributed by atoms with Crippen LogP contribution in [0.4, 0.5) is 0 Å². The van der Waals surface area contributed by atoms with Crippen LogP contribution in [0, 0.1) is 5.92 Å². The van der Waals surface area contributed by atoms with Crippen molar-refractivity contribution < 1.29 is 0 Å². The molecule has 0 saturated carbocycles.